The lowest BCUT2D eigenvalue weighted by Gasteiger charge is -2.14. The summed E-state index contributed by atoms with van der Waals surface area (Å²) in [5, 5.41) is 0. The molecular weight excluding hydrogens is 376 g/mol. The number of carbonyl (C=O) groups is 5. The van der Waals surface area contributed by atoms with Crippen molar-refractivity contribution in [3.63, 3.8) is 0 Å². The number of imide groups is 1. The Hall–Kier alpha value is -3.55. The fourth-order valence-corrected chi connectivity index (χ4v) is 3.48. The number of nitrogens with zero attached hydrogens (tertiary/aromatic N) is 1. The highest BCUT2D eigenvalue weighted by atomic mass is 16.5. The van der Waals surface area contributed by atoms with Gasteiger partial charge in [-0.1, -0.05) is 6.07 Å². The normalized spacial score (nSPS) is 13.7. The Balaban J connectivity index is 1.72. The van der Waals surface area contributed by atoms with Crippen LogP contribution in [0.3, 0.4) is 0 Å². The zero-order valence-corrected chi connectivity index (χ0v) is 16.3. The van der Waals surface area contributed by atoms with Gasteiger partial charge in [0.05, 0.1) is 16.9 Å². The number of aryl methyl sites for hydroxylation is 1. The molecule has 0 unspecified atom stereocenters. The first-order chi connectivity index (χ1) is 13.7. The van der Waals surface area contributed by atoms with Crippen molar-refractivity contribution in [1.29, 1.82) is 0 Å². The third-order valence-corrected chi connectivity index (χ3v) is 4.79. The Bertz CT molecular complexity index is 1030. The molecule has 1 aliphatic heterocycles. The summed E-state index contributed by atoms with van der Waals surface area (Å²) in [4.78, 5) is 64.1. The van der Waals surface area contributed by atoms with Crippen molar-refractivity contribution in [2.75, 3.05) is 11.5 Å². The molecule has 0 saturated carbocycles. The first-order valence-corrected chi connectivity index (χ1v) is 9.07. The Kier molecular flexibility index (Phi) is 5.45. The number of ether oxygens (including phenoxy) is 1. The fourth-order valence-electron chi connectivity index (χ4n) is 3.48. The van der Waals surface area contributed by atoms with Crippen molar-refractivity contribution in [3.8, 4) is 0 Å². The first kappa shape index (κ1) is 20.2. The van der Waals surface area contributed by atoms with E-state index in [1.54, 1.807) is 19.9 Å². The van der Waals surface area contributed by atoms with Crippen molar-refractivity contribution in [1.82, 2.24) is 4.98 Å². The second kappa shape index (κ2) is 7.83. The molecule has 29 heavy (non-hydrogen) atoms. The van der Waals surface area contributed by atoms with Crippen LogP contribution in [0.15, 0.2) is 24.3 Å². The molecule has 1 fully saturated rings. The highest BCUT2D eigenvalue weighted by Crippen LogP contribution is 2.24. The lowest BCUT2D eigenvalue weighted by atomic mass is 10.1. The van der Waals surface area contributed by atoms with Crippen LogP contribution in [0.2, 0.25) is 0 Å². The molecule has 0 aliphatic carbocycles. The summed E-state index contributed by atoms with van der Waals surface area (Å²) in [6, 6.07) is 5.94. The number of esters is 1. The summed E-state index contributed by atoms with van der Waals surface area (Å²) in [5.74, 6) is -2.03. The number of amides is 2. The predicted molar refractivity (Wildman–Crippen MR) is 103 cm³/mol. The van der Waals surface area contributed by atoms with E-state index in [4.69, 9.17) is 4.74 Å². The smallest absolute Gasteiger partial charge is 0.338 e. The molecule has 0 bridgehead atoms. The van der Waals surface area contributed by atoms with Gasteiger partial charge in [-0.15, -0.1) is 0 Å². The number of anilines is 1. The third kappa shape index (κ3) is 3.87. The number of hydrogen-bond acceptors (Lipinski definition) is 6. The minimum absolute atomic E-state index is 0.117. The van der Waals surface area contributed by atoms with Crippen LogP contribution in [-0.2, 0) is 14.3 Å². The second-order valence-electron chi connectivity index (χ2n) is 6.85. The molecule has 3 rings (SSSR count). The molecule has 8 heteroatoms. The average Bonchev–Trinajstić information content (AvgIpc) is 3.17. The van der Waals surface area contributed by atoms with Crippen LogP contribution in [0.5, 0.6) is 0 Å². The van der Waals surface area contributed by atoms with E-state index in [2.05, 4.69) is 4.98 Å². The third-order valence-electron chi connectivity index (χ3n) is 4.79. The van der Waals surface area contributed by atoms with Crippen molar-refractivity contribution in [2.45, 2.75) is 33.6 Å². The summed E-state index contributed by atoms with van der Waals surface area (Å²) in [7, 11) is 0. The molecule has 0 atom stereocenters. The highest BCUT2D eigenvalue weighted by Gasteiger charge is 2.30. The summed E-state index contributed by atoms with van der Waals surface area (Å²) >= 11 is 0. The van der Waals surface area contributed by atoms with Gasteiger partial charge in [-0.2, -0.15) is 0 Å². The van der Waals surface area contributed by atoms with Crippen LogP contribution in [0.25, 0.3) is 0 Å². The van der Waals surface area contributed by atoms with E-state index >= 15 is 0 Å². The molecular formula is C21H20N2O6. The van der Waals surface area contributed by atoms with Crippen LogP contribution in [0.1, 0.15) is 62.2 Å². The number of benzene rings is 1. The molecule has 2 heterocycles. The summed E-state index contributed by atoms with van der Waals surface area (Å²) in [6.07, 6.45) is 0.276. The number of hydrogen-bond donors (Lipinski definition) is 1. The molecule has 8 nitrogen and oxygen atoms in total. The predicted octanol–water partition coefficient (Wildman–Crippen LogP) is 2.53. The fraction of sp³-hybridized carbons (Fsp3) is 0.286. The van der Waals surface area contributed by atoms with Crippen LogP contribution in [0.4, 0.5) is 5.69 Å². The number of H-pyrrole nitrogens is 1. The monoisotopic (exact) mass is 396 g/mol. The largest absolute Gasteiger partial charge is 0.454 e. The van der Waals surface area contributed by atoms with Crippen LogP contribution < -0.4 is 4.90 Å². The minimum Gasteiger partial charge on any atom is -0.454 e. The number of aromatic nitrogens is 1. The zero-order valence-electron chi connectivity index (χ0n) is 16.3. The van der Waals surface area contributed by atoms with E-state index in [-0.39, 0.29) is 41.7 Å². The number of Topliss-reactive ketones (excluding diaryl/α,β-unsaturated/α-hetero) is 2. The van der Waals surface area contributed by atoms with Crippen LogP contribution >= 0.6 is 0 Å². The molecule has 0 spiro atoms. The number of carbonyl (C=O) groups excluding carboxylic acids is 5. The number of nitrogens with one attached hydrogen (secondary N) is 1. The SMILES string of the molecule is CC(=O)c1c(C)[nH]c(C(=O)COC(=O)c2cccc(N3C(=O)CCC3=O)c2)c1C. The van der Waals surface area contributed by atoms with E-state index < -0.39 is 18.4 Å². The number of ketones is 2. The number of rotatable bonds is 6. The Labute approximate surface area is 166 Å². The Morgan fingerprint density at radius 2 is 1.76 bits per heavy atom. The van der Waals surface area contributed by atoms with Gasteiger partial charge in [0.25, 0.3) is 0 Å². The van der Waals surface area contributed by atoms with Crippen LogP contribution in [-0.4, -0.2) is 40.9 Å². The topological polar surface area (TPSA) is 114 Å². The van der Waals surface area contributed by atoms with E-state index in [9.17, 15) is 24.0 Å². The van der Waals surface area contributed by atoms with E-state index in [1.807, 2.05) is 0 Å². The molecule has 1 saturated heterocycles. The minimum atomic E-state index is -0.757. The molecule has 0 radical (unpaired) electrons. The molecule has 1 aliphatic rings. The summed E-state index contributed by atoms with van der Waals surface area (Å²) < 4.78 is 5.10. The number of aromatic amines is 1. The lowest BCUT2D eigenvalue weighted by Crippen LogP contribution is -2.28. The second-order valence-corrected chi connectivity index (χ2v) is 6.85. The van der Waals surface area contributed by atoms with Gasteiger partial charge in [-0.3, -0.25) is 24.1 Å². The Morgan fingerprint density at radius 1 is 1.10 bits per heavy atom. The highest BCUT2D eigenvalue weighted by molar-refractivity contribution is 6.20. The Morgan fingerprint density at radius 3 is 2.34 bits per heavy atom. The van der Waals surface area contributed by atoms with Gasteiger partial charge in [0, 0.05) is 24.1 Å². The lowest BCUT2D eigenvalue weighted by molar-refractivity contribution is -0.121. The molecule has 1 aromatic heterocycles. The van der Waals surface area contributed by atoms with Crippen LogP contribution in [0, 0.1) is 13.8 Å². The zero-order chi connectivity index (χ0) is 21.3. The van der Waals surface area contributed by atoms with Gasteiger partial charge in [0.1, 0.15) is 0 Å². The van der Waals surface area contributed by atoms with Gasteiger partial charge in [-0.05, 0) is 44.5 Å². The average molecular weight is 396 g/mol. The van der Waals surface area contributed by atoms with Gasteiger partial charge >= 0.3 is 5.97 Å². The summed E-state index contributed by atoms with van der Waals surface area (Å²) in [6.45, 7) is 4.25. The maximum Gasteiger partial charge on any atom is 0.338 e. The van der Waals surface area contributed by atoms with Crippen molar-refractivity contribution < 1.29 is 28.7 Å². The van der Waals surface area contributed by atoms with Crippen molar-refractivity contribution >= 4 is 35.0 Å². The maximum atomic E-state index is 12.4. The van der Waals surface area contributed by atoms with E-state index in [0.29, 0.717) is 22.5 Å². The van der Waals surface area contributed by atoms with E-state index in [0.717, 1.165) is 4.90 Å². The molecule has 1 aromatic carbocycles. The van der Waals surface area contributed by atoms with Gasteiger partial charge in [-0.25, -0.2) is 4.79 Å². The van der Waals surface area contributed by atoms with Crippen molar-refractivity contribution in [3.05, 3.63) is 52.3 Å². The van der Waals surface area contributed by atoms with Gasteiger partial charge in [0.15, 0.2) is 12.4 Å². The van der Waals surface area contributed by atoms with E-state index in [1.165, 1.54) is 25.1 Å². The first-order valence-electron chi connectivity index (χ1n) is 9.07. The summed E-state index contributed by atoms with van der Waals surface area (Å²) in [5.41, 5.74) is 2.18. The quantitative estimate of drug-likeness (QED) is 0.456. The van der Waals surface area contributed by atoms with Crippen molar-refractivity contribution in [2.24, 2.45) is 0 Å². The molecule has 2 aromatic rings. The molecule has 150 valence electrons. The van der Waals surface area contributed by atoms with Gasteiger partial charge < -0.3 is 9.72 Å². The maximum absolute atomic E-state index is 12.4. The standard InChI is InChI=1S/C21H20N2O6/c1-11-19(13(3)24)12(2)22-20(11)16(25)10-29-21(28)14-5-4-6-15(9-14)23-17(26)7-8-18(23)27/h4-6,9,22H,7-8,10H2,1-3H3. The molecule has 2 amide bonds. The molecule has 1 N–H and O–H groups in total. The van der Waals surface area contributed by atoms with Gasteiger partial charge in [0.2, 0.25) is 17.6 Å².